The topological polar surface area (TPSA) is 135 Å². The molecule has 0 radical (unpaired) electrons. The lowest BCUT2D eigenvalue weighted by molar-refractivity contribution is 0.0697. The number of aromatic nitrogens is 4. The molecule has 0 spiro atoms. The minimum absolute atomic E-state index is 0.0147. The smallest absolute Gasteiger partial charge is 0.335 e. The van der Waals surface area contributed by atoms with Crippen molar-refractivity contribution in [2.75, 3.05) is 19.5 Å². The minimum atomic E-state index is -0.996. The van der Waals surface area contributed by atoms with Crippen molar-refractivity contribution in [3.63, 3.8) is 0 Å². The van der Waals surface area contributed by atoms with Crippen molar-refractivity contribution in [1.82, 2.24) is 19.5 Å². The number of H-pyrrole nitrogens is 1. The van der Waals surface area contributed by atoms with Crippen LogP contribution in [0, 0.1) is 0 Å². The summed E-state index contributed by atoms with van der Waals surface area (Å²) >= 11 is 0. The first-order valence-corrected chi connectivity index (χ1v) is 12.2. The third-order valence-electron chi connectivity index (χ3n) is 6.63. The Balaban J connectivity index is 1.67. The summed E-state index contributed by atoms with van der Waals surface area (Å²) < 4.78 is 12.9. The largest absolute Gasteiger partial charge is 0.497 e. The molecular weight excluding hydrogens is 486 g/mol. The normalized spacial score (nSPS) is 11.4. The molecule has 0 amide bonds. The highest BCUT2D eigenvalue weighted by Crippen LogP contribution is 2.40. The molecule has 3 heterocycles. The second kappa shape index (κ2) is 10.1. The van der Waals surface area contributed by atoms with Crippen LogP contribution in [0.5, 0.6) is 11.5 Å². The number of carboxylic acids is 1. The van der Waals surface area contributed by atoms with Gasteiger partial charge < -0.3 is 34.6 Å². The van der Waals surface area contributed by atoms with E-state index in [1.165, 1.54) is 6.33 Å². The van der Waals surface area contributed by atoms with Gasteiger partial charge in [0.25, 0.3) is 0 Å². The van der Waals surface area contributed by atoms with Crippen LogP contribution in [0.25, 0.3) is 33.2 Å². The second-order valence-corrected chi connectivity index (χ2v) is 9.19. The highest BCUT2D eigenvalue weighted by atomic mass is 16.5. The Morgan fingerprint density at radius 1 is 1.11 bits per heavy atom. The fraction of sp³-hybridized carbons (Fsp3) is 0.250. The van der Waals surface area contributed by atoms with Crippen LogP contribution in [0.1, 0.15) is 41.5 Å². The maximum atomic E-state index is 11.5. The zero-order valence-corrected chi connectivity index (χ0v) is 21.6. The number of aliphatic hydroxyl groups excluding tert-OH is 1. The van der Waals surface area contributed by atoms with Crippen molar-refractivity contribution in [1.29, 1.82) is 0 Å². The van der Waals surface area contributed by atoms with Gasteiger partial charge in [0.05, 0.1) is 37.5 Å². The SMILES string of the molecule is COc1ccc(CNc2ncnc3c2c(-c2cc4ccc(C(=O)O)cc4[nH]2)c(CO)n3C(C)C)c(OC)c1. The summed E-state index contributed by atoms with van der Waals surface area (Å²) in [7, 11) is 3.22. The standard InChI is InChI=1S/C28H29N5O5/c1-15(2)33-22(13-34)24(21-9-16-5-6-17(28(35)36)10-20(16)32-21)25-26(30-14-31-27(25)33)29-12-18-7-8-19(37-3)11-23(18)38-4/h5-11,14-15,32,34H,12-13H2,1-4H3,(H,35,36)(H,29,30,31). The van der Waals surface area contributed by atoms with Crippen molar-refractivity contribution in [3.05, 3.63) is 65.6 Å². The van der Waals surface area contributed by atoms with Crippen LogP contribution in [0.2, 0.25) is 0 Å². The van der Waals surface area contributed by atoms with Crippen molar-refractivity contribution in [2.45, 2.75) is 33.0 Å². The molecule has 4 N–H and O–H groups in total. The number of aromatic carboxylic acids is 1. The van der Waals surface area contributed by atoms with Crippen LogP contribution in [-0.4, -0.2) is 49.9 Å². The number of aliphatic hydroxyl groups is 1. The van der Waals surface area contributed by atoms with Gasteiger partial charge in [-0.3, -0.25) is 0 Å². The molecule has 38 heavy (non-hydrogen) atoms. The van der Waals surface area contributed by atoms with Crippen LogP contribution in [-0.2, 0) is 13.2 Å². The molecule has 3 aromatic heterocycles. The summed E-state index contributed by atoms with van der Waals surface area (Å²) in [6.07, 6.45) is 1.50. The summed E-state index contributed by atoms with van der Waals surface area (Å²) in [6.45, 7) is 4.27. The Morgan fingerprint density at radius 3 is 2.61 bits per heavy atom. The lowest BCUT2D eigenvalue weighted by atomic mass is 10.1. The molecule has 5 aromatic rings. The zero-order chi connectivity index (χ0) is 27.0. The Bertz CT molecular complexity index is 1650. The van der Waals surface area contributed by atoms with Gasteiger partial charge in [-0.05, 0) is 44.2 Å². The first kappa shape index (κ1) is 25.1. The van der Waals surface area contributed by atoms with Gasteiger partial charge in [0.15, 0.2) is 0 Å². The lowest BCUT2D eigenvalue weighted by Gasteiger charge is -2.13. The van der Waals surface area contributed by atoms with E-state index in [-0.39, 0.29) is 18.2 Å². The van der Waals surface area contributed by atoms with Crippen LogP contribution >= 0.6 is 0 Å². The van der Waals surface area contributed by atoms with E-state index in [4.69, 9.17) is 9.47 Å². The Kier molecular flexibility index (Phi) is 6.64. The van der Waals surface area contributed by atoms with Crippen molar-refractivity contribution in [2.24, 2.45) is 0 Å². The van der Waals surface area contributed by atoms with E-state index in [9.17, 15) is 15.0 Å². The predicted molar refractivity (Wildman–Crippen MR) is 145 cm³/mol. The number of methoxy groups -OCH3 is 2. The summed E-state index contributed by atoms with van der Waals surface area (Å²) in [5.74, 6) is 0.984. The first-order chi connectivity index (χ1) is 18.4. The van der Waals surface area contributed by atoms with E-state index < -0.39 is 5.97 Å². The van der Waals surface area contributed by atoms with Gasteiger partial charge in [-0.1, -0.05) is 6.07 Å². The number of ether oxygens (including phenoxy) is 2. The van der Waals surface area contributed by atoms with Gasteiger partial charge in [-0.15, -0.1) is 0 Å². The van der Waals surface area contributed by atoms with Crippen molar-refractivity contribution >= 4 is 33.7 Å². The van der Waals surface area contributed by atoms with E-state index in [2.05, 4.69) is 20.3 Å². The summed E-state index contributed by atoms with van der Waals surface area (Å²) in [5.41, 5.74) is 4.65. The van der Waals surface area contributed by atoms with Gasteiger partial charge in [0.2, 0.25) is 0 Å². The van der Waals surface area contributed by atoms with Crippen LogP contribution in [0.15, 0.2) is 48.8 Å². The molecule has 0 aliphatic rings. The highest BCUT2D eigenvalue weighted by molar-refractivity contribution is 6.04. The molecule has 2 aromatic carbocycles. The monoisotopic (exact) mass is 515 g/mol. The van der Waals surface area contributed by atoms with E-state index >= 15 is 0 Å². The van der Waals surface area contributed by atoms with Crippen LogP contribution < -0.4 is 14.8 Å². The number of benzene rings is 2. The van der Waals surface area contributed by atoms with Gasteiger partial charge in [-0.25, -0.2) is 14.8 Å². The quantitative estimate of drug-likeness (QED) is 0.216. The Morgan fingerprint density at radius 2 is 1.92 bits per heavy atom. The summed E-state index contributed by atoms with van der Waals surface area (Å²) in [4.78, 5) is 24.0. The van der Waals surface area contributed by atoms with E-state index in [0.717, 1.165) is 27.6 Å². The van der Waals surface area contributed by atoms with E-state index in [0.29, 0.717) is 40.7 Å². The minimum Gasteiger partial charge on any atom is -0.497 e. The van der Waals surface area contributed by atoms with Gasteiger partial charge in [0.1, 0.15) is 29.3 Å². The molecule has 10 nitrogen and oxygen atoms in total. The molecule has 196 valence electrons. The molecule has 0 saturated heterocycles. The number of nitrogens with one attached hydrogen (secondary N) is 2. The predicted octanol–water partition coefficient (Wildman–Crippen LogP) is 4.98. The third-order valence-corrected chi connectivity index (χ3v) is 6.63. The molecule has 0 aliphatic heterocycles. The summed E-state index contributed by atoms with van der Waals surface area (Å²) in [5, 5.41) is 25.0. The first-order valence-electron chi connectivity index (χ1n) is 12.2. The molecule has 0 saturated carbocycles. The molecule has 0 atom stereocenters. The second-order valence-electron chi connectivity index (χ2n) is 9.19. The van der Waals surface area contributed by atoms with Crippen molar-refractivity contribution in [3.8, 4) is 22.8 Å². The number of fused-ring (bicyclic) bond motifs is 2. The molecule has 0 aliphatic carbocycles. The highest BCUT2D eigenvalue weighted by Gasteiger charge is 2.25. The fourth-order valence-corrected chi connectivity index (χ4v) is 4.89. The molecule has 5 rings (SSSR count). The number of hydrogen-bond donors (Lipinski definition) is 4. The lowest BCUT2D eigenvalue weighted by Crippen LogP contribution is -2.07. The number of rotatable bonds is 9. The zero-order valence-electron chi connectivity index (χ0n) is 21.6. The molecule has 0 unspecified atom stereocenters. The number of anilines is 1. The van der Waals surface area contributed by atoms with Gasteiger partial charge in [-0.2, -0.15) is 0 Å². The number of aromatic amines is 1. The number of nitrogens with zero attached hydrogens (tertiary/aromatic N) is 3. The maximum absolute atomic E-state index is 11.5. The van der Waals surface area contributed by atoms with Crippen molar-refractivity contribution < 1.29 is 24.5 Å². The summed E-state index contributed by atoms with van der Waals surface area (Å²) in [6, 6.07) is 12.5. The Labute approximate surface area is 218 Å². The average molecular weight is 516 g/mol. The third kappa shape index (κ3) is 4.28. The molecule has 10 heteroatoms. The molecule has 0 fully saturated rings. The van der Waals surface area contributed by atoms with Gasteiger partial charge >= 0.3 is 5.97 Å². The van der Waals surface area contributed by atoms with Gasteiger partial charge in [0, 0.05) is 46.4 Å². The van der Waals surface area contributed by atoms with Crippen LogP contribution in [0.3, 0.4) is 0 Å². The number of hydrogen-bond acceptors (Lipinski definition) is 7. The molecule has 0 bridgehead atoms. The number of carbonyl (C=O) groups is 1. The fourth-order valence-electron chi connectivity index (χ4n) is 4.89. The maximum Gasteiger partial charge on any atom is 0.335 e. The average Bonchev–Trinajstić information content (AvgIpc) is 3.50. The van der Waals surface area contributed by atoms with Crippen LogP contribution in [0.4, 0.5) is 5.82 Å². The number of carboxylic acid groups (broad SMARTS) is 1. The van der Waals surface area contributed by atoms with E-state index in [1.54, 1.807) is 32.4 Å². The molecular formula is C28H29N5O5. The van der Waals surface area contributed by atoms with E-state index in [1.807, 2.05) is 42.7 Å². The Hall–Kier alpha value is -4.57.